The van der Waals surface area contributed by atoms with Crippen molar-refractivity contribution < 1.29 is 23.8 Å². The highest BCUT2D eigenvalue weighted by atomic mass is 16.5. The molecular formula is C21H27N5O5. The van der Waals surface area contributed by atoms with Crippen molar-refractivity contribution in [3.05, 3.63) is 41.2 Å². The van der Waals surface area contributed by atoms with E-state index >= 15 is 0 Å². The lowest BCUT2D eigenvalue weighted by atomic mass is 10.1. The molecule has 3 amide bonds. The van der Waals surface area contributed by atoms with Crippen molar-refractivity contribution in [3.8, 4) is 5.75 Å². The lowest BCUT2D eigenvalue weighted by Crippen LogP contribution is -2.41. The van der Waals surface area contributed by atoms with Gasteiger partial charge in [-0.25, -0.2) is 4.79 Å². The molecule has 0 aliphatic carbocycles. The molecule has 2 aromatic rings. The first-order valence-electron chi connectivity index (χ1n) is 10.4. The van der Waals surface area contributed by atoms with Gasteiger partial charge in [-0.05, 0) is 12.1 Å². The summed E-state index contributed by atoms with van der Waals surface area (Å²) in [6.45, 7) is 4.01. The number of urea groups is 1. The maximum atomic E-state index is 13.0. The molecule has 10 heteroatoms. The van der Waals surface area contributed by atoms with Gasteiger partial charge in [-0.2, -0.15) is 5.10 Å². The zero-order valence-corrected chi connectivity index (χ0v) is 17.6. The molecule has 1 aromatic carbocycles. The van der Waals surface area contributed by atoms with Crippen LogP contribution in [-0.4, -0.2) is 73.2 Å². The first-order chi connectivity index (χ1) is 15.2. The average molecular weight is 429 g/mol. The van der Waals surface area contributed by atoms with E-state index in [4.69, 9.17) is 14.2 Å². The molecule has 10 nitrogen and oxygen atoms in total. The van der Waals surface area contributed by atoms with Crippen molar-refractivity contribution in [2.75, 3.05) is 51.9 Å². The van der Waals surface area contributed by atoms with Gasteiger partial charge in [-0.15, -0.1) is 0 Å². The summed E-state index contributed by atoms with van der Waals surface area (Å²) in [4.78, 5) is 27.0. The summed E-state index contributed by atoms with van der Waals surface area (Å²) < 4.78 is 17.9. The van der Waals surface area contributed by atoms with Gasteiger partial charge in [0.15, 0.2) is 5.69 Å². The number of benzene rings is 1. The van der Waals surface area contributed by atoms with Crippen molar-refractivity contribution in [2.45, 2.75) is 19.6 Å². The SMILES string of the molecule is COc1cccc(NC(=O)NCCn2nc(C(=O)N3CCOCC3)c3c2CCOC3)c1. The standard InChI is InChI=1S/C21H27N5O5/c1-29-16-4-2-3-15(13-16)23-21(28)22-6-7-26-18-5-10-31-14-17(18)19(24-26)20(27)25-8-11-30-12-9-25/h2-4,13H,5-12,14H2,1H3,(H2,22,23,28). The van der Waals surface area contributed by atoms with Crippen LogP contribution in [0.2, 0.25) is 0 Å². The van der Waals surface area contributed by atoms with Crippen LogP contribution in [0, 0.1) is 0 Å². The third kappa shape index (κ3) is 4.97. The highest BCUT2D eigenvalue weighted by Crippen LogP contribution is 2.22. The molecule has 0 atom stereocenters. The van der Waals surface area contributed by atoms with Crippen molar-refractivity contribution in [1.82, 2.24) is 20.0 Å². The number of ether oxygens (including phenoxy) is 3. The van der Waals surface area contributed by atoms with E-state index in [9.17, 15) is 9.59 Å². The van der Waals surface area contributed by atoms with Gasteiger partial charge in [0.1, 0.15) is 5.75 Å². The normalized spacial score (nSPS) is 15.8. The first kappa shape index (κ1) is 21.1. The van der Waals surface area contributed by atoms with Crippen LogP contribution in [0.5, 0.6) is 5.75 Å². The van der Waals surface area contributed by atoms with Gasteiger partial charge >= 0.3 is 6.03 Å². The summed E-state index contributed by atoms with van der Waals surface area (Å²) in [6.07, 6.45) is 0.689. The number of hydrogen-bond acceptors (Lipinski definition) is 6. The third-order valence-corrected chi connectivity index (χ3v) is 5.33. The number of fused-ring (bicyclic) bond motifs is 1. The Morgan fingerprint density at radius 3 is 2.84 bits per heavy atom. The molecule has 0 unspecified atom stereocenters. The van der Waals surface area contributed by atoms with Gasteiger partial charge in [-0.1, -0.05) is 6.07 Å². The Labute approximate surface area is 180 Å². The number of hydrogen-bond donors (Lipinski definition) is 2. The predicted molar refractivity (Wildman–Crippen MR) is 112 cm³/mol. The zero-order valence-electron chi connectivity index (χ0n) is 17.6. The molecule has 31 heavy (non-hydrogen) atoms. The highest BCUT2D eigenvalue weighted by Gasteiger charge is 2.29. The van der Waals surface area contributed by atoms with E-state index in [0.29, 0.717) is 76.2 Å². The van der Waals surface area contributed by atoms with E-state index in [1.807, 2.05) is 10.7 Å². The van der Waals surface area contributed by atoms with Crippen LogP contribution in [-0.2, 0) is 29.0 Å². The molecule has 1 fully saturated rings. The summed E-state index contributed by atoms with van der Waals surface area (Å²) in [5.74, 6) is 0.577. The highest BCUT2D eigenvalue weighted by molar-refractivity contribution is 5.94. The molecule has 2 aliphatic rings. The van der Waals surface area contributed by atoms with Gasteiger partial charge in [-0.3, -0.25) is 9.48 Å². The Kier molecular flexibility index (Phi) is 6.68. The first-order valence-corrected chi connectivity index (χ1v) is 10.4. The Bertz CT molecular complexity index is 938. The molecular weight excluding hydrogens is 402 g/mol. The number of morpholine rings is 1. The lowest BCUT2D eigenvalue weighted by Gasteiger charge is -2.26. The molecule has 0 radical (unpaired) electrons. The number of nitrogens with zero attached hydrogens (tertiary/aromatic N) is 3. The number of methoxy groups -OCH3 is 1. The second-order valence-corrected chi connectivity index (χ2v) is 7.32. The Hall–Kier alpha value is -3.11. The summed E-state index contributed by atoms with van der Waals surface area (Å²) >= 11 is 0. The van der Waals surface area contributed by atoms with Gasteiger partial charge in [0.2, 0.25) is 0 Å². The van der Waals surface area contributed by atoms with Crippen LogP contribution < -0.4 is 15.4 Å². The Morgan fingerprint density at radius 2 is 2.03 bits per heavy atom. The maximum absolute atomic E-state index is 13.0. The van der Waals surface area contributed by atoms with Gasteiger partial charge in [0.05, 0.1) is 40.1 Å². The minimum absolute atomic E-state index is 0.0903. The number of amides is 3. The van der Waals surface area contributed by atoms with Crippen LogP contribution in [0.3, 0.4) is 0 Å². The molecule has 2 N–H and O–H groups in total. The number of carbonyl (C=O) groups is 2. The lowest BCUT2D eigenvalue weighted by molar-refractivity contribution is 0.0294. The van der Waals surface area contributed by atoms with E-state index < -0.39 is 0 Å². The molecule has 166 valence electrons. The van der Waals surface area contributed by atoms with E-state index in [1.165, 1.54) is 0 Å². The van der Waals surface area contributed by atoms with Crippen LogP contribution in [0.4, 0.5) is 10.5 Å². The molecule has 0 spiro atoms. The molecule has 2 aliphatic heterocycles. The van der Waals surface area contributed by atoms with Crippen molar-refractivity contribution in [3.63, 3.8) is 0 Å². The zero-order chi connectivity index (χ0) is 21.6. The predicted octanol–water partition coefficient (Wildman–Crippen LogP) is 1.26. The Morgan fingerprint density at radius 1 is 1.19 bits per heavy atom. The minimum Gasteiger partial charge on any atom is -0.497 e. The number of rotatable bonds is 6. The molecule has 0 saturated carbocycles. The summed E-state index contributed by atoms with van der Waals surface area (Å²) in [7, 11) is 1.58. The molecule has 3 heterocycles. The Balaban J connectivity index is 1.38. The van der Waals surface area contributed by atoms with Crippen molar-refractivity contribution in [1.29, 1.82) is 0 Å². The van der Waals surface area contributed by atoms with E-state index in [0.717, 1.165) is 11.3 Å². The van der Waals surface area contributed by atoms with E-state index in [-0.39, 0.29) is 11.9 Å². The van der Waals surface area contributed by atoms with Crippen molar-refractivity contribution in [2.24, 2.45) is 0 Å². The third-order valence-electron chi connectivity index (χ3n) is 5.33. The second kappa shape index (κ2) is 9.80. The second-order valence-electron chi connectivity index (χ2n) is 7.32. The molecule has 1 saturated heterocycles. The number of nitrogens with one attached hydrogen (secondary N) is 2. The van der Waals surface area contributed by atoms with Crippen LogP contribution in [0.15, 0.2) is 24.3 Å². The summed E-state index contributed by atoms with van der Waals surface area (Å²) in [5, 5.41) is 10.2. The summed E-state index contributed by atoms with van der Waals surface area (Å²) in [5.41, 5.74) is 2.93. The van der Waals surface area contributed by atoms with E-state index in [2.05, 4.69) is 15.7 Å². The molecule has 1 aromatic heterocycles. The fraction of sp³-hybridized carbons (Fsp3) is 0.476. The fourth-order valence-electron chi connectivity index (χ4n) is 3.73. The average Bonchev–Trinajstić information content (AvgIpc) is 3.18. The molecule has 4 rings (SSSR count). The number of aromatic nitrogens is 2. The van der Waals surface area contributed by atoms with Crippen LogP contribution >= 0.6 is 0 Å². The van der Waals surface area contributed by atoms with Crippen molar-refractivity contribution >= 4 is 17.6 Å². The van der Waals surface area contributed by atoms with Gasteiger partial charge in [0, 0.05) is 49.1 Å². The number of carbonyl (C=O) groups excluding carboxylic acids is 2. The molecule has 0 bridgehead atoms. The summed E-state index contributed by atoms with van der Waals surface area (Å²) in [6, 6.07) is 6.83. The van der Waals surface area contributed by atoms with Gasteiger partial charge < -0.3 is 29.7 Å². The quantitative estimate of drug-likeness (QED) is 0.716. The van der Waals surface area contributed by atoms with E-state index in [1.54, 1.807) is 30.2 Å². The topological polar surface area (TPSA) is 107 Å². The van der Waals surface area contributed by atoms with Gasteiger partial charge in [0.25, 0.3) is 5.91 Å². The monoisotopic (exact) mass is 429 g/mol. The largest absolute Gasteiger partial charge is 0.497 e. The smallest absolute Gasteiger partial charge is 0.319 e. The van der Waals surface area contributed by atoms with Crippen LogP contribution in [0.25, 0.3) is 0 Å². The fourth-order valence-corrected chi connectivity index (χ4v) is 3.73. The maximum Gasteiger partial charge on any atom is 0.319 e. The minimum atomic E-state index is -0.317. The van der Waals surface area contributed by atoms with Crippen LogP contribution in [0.1, 0.15) is 21.7 Å². The number of anilines is 1.